The Labute approximate surface area is 129 Å². The molecule has 0 aromatic heterocycles. The van der Waals surface area contributed by atoms with Crippen molar-refractivity contribution in [1.29, 1.82) is 0 Å². The van der Waals surface area contributed by atoms with Gasteiger partial charge in [0.25, 0.3) is 5.91 Å². The molecule has 22 heavy (non-hydrogen) atoms. The average Bonchev–Trinajstić information content (AvgIpc) is 2.49. The van der Waals surface area contributed by atoms with Crippen LogP contribution in [-0.2, 0) is 9.53 Å². The summed E-state index contributed by atoms with van der Waals surface area (Å²) in [6.45, 7) is -0.580. The summed E-state index contributed by atoms with van der Waals surface area (Å²) in [5, 5.41) is 2.47. The second kappa shape index (κ2) is 7.00. The fourth-order valence-corrected chi connectivity index (χ4v) is 1.74. The minimum atomic E-state index is -0.777. The number of benzene rings is 2. The maximum atomic E-state index is 13.0. The minimum Gasteiger partial charge on any atom is -0.452 e. The van der Waals surface area contributed by atoms with Crippen LogP contribution in [0.3, 0.4) is 0 Å². The first kappa shape index (κ1) is 15.9. The zero-order valence-electron chi connectivity index (χ0n) is 11.1. The summed E-state index contributed by atoms with van der Waals surface area (Å²) in [4.78, 5) is 23.3. The van der Waals surface area contributed by atoms with Gasteiger partial charge < -0.3 is 10.1 Å². The molecule has 0 bridgehead atoms. The Balaban J connectivity index is 1.91. The van der Waals surface area contributed by atoms with Gasteiger partial charge in [-0.15, -0.1) is 0 Å². The summed E-state index contributed by atoms with van der Waals surface area (Å²) in [5.74, 6) is -2.51. The fraction of sp³-hybridized carbons (Fsp3) is 0.0667. The van der Waals surface area contributed by atoms with Crippen LogP contribution >= 0.6 is 11.6 Å². The van der Waals surface area contributed by atoms with E-state index < -0.39 is 30.1 Å². The third kappa shape index (κ3) is 4.26. The molecule has 1 N–H and O–H groups in total. The second-order valence-electron chi connectivity index (χ2n) is 4.26. The molecule has 0 heterocycles. The number of hydrogen-bond acceptors (Lipinski definition) is 3. The van der Waals surface area contributed by atoms with Gasteiger partial charge in [0.15, 0.2) is 6.61 Å². The standard InChI is InChI=1S/C15H10ClF2NO3/c16-12-6-5-11(18)7-13(12)19-14(20)8-22-15(21)9-1-3-10(17)4-2-9/h1-7H,8H2,(H,19,20). The van der Waals surface area contributed by atoms with Gasteiger partial charge in [0, 0.05) is 0 Å². The predicted octanol–water partition coefficient (Wildman–Crippen LogP) is 3.41. The maximum absolute atomic E-state index is 13.0. The number of esters is 1. The molecular formula is C15H10ClF2NO3. The highest BCUT2D eigenvalue weighted by molar-refractivity contribution is 6.33. The zero-order chi connectivity index (χ0) is 16.1. The van der Waals surface area contributed by atoms with E-state index in [1.54, 1.807) is 0 Å². The summed E-state index contributed by atoms with van der Waals surface area (Å²) in [6, 6.07) is 8.15. The van der Waals surface area contributed by atoms with Crippen LogP contribution in [0.25, 0.3) is 0 Å². The largest absolute Gasteiger partial charge is 0.452 e. The number of carbonyl (C=O) groups is 2. The summed E-state index contributed by atoms with van der Waals surface area (Å²) in [5.41, 5.74) is 0.183. The van der Waals surface area contributed by atoms with Gasteiger partial charge in [-0.1, -0.05) is 11.6 Å². The molecule has 4 nitrogen and oxygen atoms in total. The lowest BCUT2D eigenvalue weighted by Crippen LogP contribution is -2.21. The van der Waals surface area contributed by atoms with Crippen molar-refractivity contribution >= 4 is 29.2 Å². The predicted molar refractivity (Wildman–Crippen MR) is 76.7 cm³/mol. The lowest BCUT2D eigenvalue weighted by atomic mass is 10.2. The summed E-state index contributed by atoms with van der Waals surface area (Å²) < 4.78 is 30.5. The molecule has 0 aliphatic heterocycles. The number of nitrogens with one attached hydrogen (secondary N) is 1. The number of halogens is 3. The molecule has 2 aromatic rings. The molecule has 0 aliphatic rings. The van der Waals surface area contributed by atoms with Crippen molar-refractivity contribution in [3.8, 4) is 0 Å². The molecule has 0 atom stereocenters. The highest BCUT2D eigenvalue weighted by Gasteiger charge is 2.12. The number of rotatable bonds is 4. The van der Waals surface area contributed by atoms with Crippen LogP contribution in [0.15, 0.2) is 42.5 Å². The monoisotopic (exact) mass is 325 g/mol. The van der Waals surface area contributed by atoms with E-state index in [4.69, 9.17) is 16.3 Å². The Morgan fingerprint density at radius 3 is 2.36 bits per heavy atom. The van der Waals surface area contributed by atoms with Crippen molar-refractivity contribution in [2.75, 3.05) is 11.9 Å². The van der Waals surface area contributed by atoms with E-state index in [2.05, 4.69) is 5.32 Å². The molecule has 0 fully saturated rings. The molecule has 2 aromatic carbocycles. The molecule has 0 aliphatic carbocycles. The Kier molecular flexibility index (Phi) is 5.06. The first-order valence-corrected chi connectivity index (χ1v) is 6.51. The van der Waals surface area contributed by atoms with Crippen molar-refractivity contribution in [3.05, 3.63) is 64.7 Å². The quantitative estimate of drug-likeness (QED) is 0.876. The molecule has 2 rings (SSSR count). The van der Waals surface area contributed by atoms with E-state index in [-0.39, 0.29) is 16.3 Å². The third-order valence-corrected chi connectivity index (χ3v) is 2.95. The van der Waals surface area contributed by atoms with E-state index >= 15 is 0 Å². The van der Waals surface area contributed by atoms with Gasteiger partial charge in [0.05, 0.1) is 16.3 Å². The van der Waals surface area contributed by atoms with Crippen LogP contribution in [0.1, 0.15) is 10.4 Å². The van der Waals surface area contributed by atoms with Crippen molar-refractivity contribution in [3.63, 3.8) is 0 Å². The molecule has 0 unspecified atom stereocenters. The van der Waals surface area contributed by atoms with Gasteiger partial charge in [-0.3, -0.25) is 4.79 Å². The summed E-state index contributed by atoms with van der Waals surface area (Å²) >= 11 is 5.79. The molecule has 0 spiro atoms. The van der Waals surface area contributed by atoms with E-state index in [9.17, 15) is 18.4 Å². The van der Waals surface area contributed by atoms with Crippen molar-refractivity contribution in [2.24, 2.45) is 0 Å². The molecular weight excluding hydrogens is 316 g/mol. The van der Waals surface area contributed by atoms with Gasteiger partial charge in [-0.05, 0) is 42.5 Å². The topological polar surface area (TPSA) is 55.4 Å². The smallest absolute Gasteiger partial charge is 0.338 e. The van der Waals surface area contributed by atoms with Gasteiger partial charge in [-0.25, -0.2) is 13.6 Å². The SMILES string of the molecule is O=C(COC(=O)c1ccc(F)cc1)Nc1cc(F)ccc1Cl. The van der Waals surface area contributed by atoms with E-state index in [1.165, 1.54) is 18.2 Å². The number of amides is 1. The molecule has 0 saturated heterocycles. The average molecular weight is 326 g/mol. The molecule has 114 valence electrons. The maximum Gasteiger partial charge on any atom is 0.338 e. The van der Waals surface area contributed by atoms with E-state index in [1.807, 2.05) is 0 Å². The highest BCUT2D eigenvalue weighted by Crippen LogP contribution is 2.22. The first-order chi connectivity index (χ1) is 10.5. The van der Waals surface area contributed by atoms with Crippen molar-refractivity contribution in [1.82, 2.24) is 0 Å². The second-order valence-corrected chi connectivity index (χ2v) is 4.66. The third-order valence-electron chi connectivity index (χ3n) is 2.62. The van der Waals surface area contributed by atoms with Gasteiger partial charge in [-0.2, -0.15) is 0 Å². The fourth-order valence-electron chi connectivity index (χ4n) is 1.58. The number of ether oxygens (including phenoxy) is 1. The first-order valence-electron chi connectivity index (χ1n) is 6.13. The van der Waals surface area contributed by atoms with Crippen LogP contribution in [0.5, 0.6) is 0 Å². The Morgan fingerprint density at radius 2 is 1.68 bits per heavy atom. The van der Waals surface area contributed by atoms with Gasteiger partial charge in [0.2, 0.25) is 0 Å². The van der Waals surface area contributed by atoms with Crippen LogP contribution in [-0.4, -0.2) is 18.5 Å². The zero-order valence-corrected chi connectivity index (χ0v) is 11.9. The van der Waals surface area contributed by atoms with E-state index in [0.717, 1.165) is 24.3 Å². The van der Waals surface area contributed by atoms with Gasteiger partial charge >= 0.3 is 5.97 Å². The lowest BCUT2D eigenvalue weighted by Gasteiger charge is -2.08. The summed E-state index contributed by atoms with van der Waals surface area (Å²) in [7, 11) is 0. The Hall–Kier alpha value is -2.47. The van der Waals surface area contributed by atoms with E-state index in [0.29, 0.717) is 0 Å². The van der Waals surface area contributed by atoms with Crippen LogP contribution in [0.4, 0.5) is 14.5 Å². The Bertz CT molecular complexity index is 704. The molecule has 7 heteroatoms. The molecule has 0 saturated carbocycles. The Morgan fingerprint density at radius 1 is 1.05 bits per heavy atom. The lowest BCUT2D eigenvalue weighted by molar-refractivity contribution is -0.119. The van der Waals surface area contributed by atoms with Crippen molar-refractivity contribution < 1.29 is 23.1 Å². The summed E-state index contributed by atoms with van der Waals surface area (Å²) in [6.07, 6.45) is 0. The molecule has 1 amide bonds. The number of hydrogen-bond donors (Lipinski definition) is 1. The number of carbonyl (C=O) groups excluding carboxylic acids is 2. The number of anilines is 1. The van der Waals surface area contributed by atoms with Gasteiger partial charge in [0.1, 0.15) is 11.6 Å². The molecule has 0 radical (unpaired) electrons. The van der Waals surface area contributed by atoms with Crippen LogP contribution in [0.2, 0.25) is 5.02 Å². The minimum absolute atomic E-state index is 0.0736. The highest BCUT2D eigenvalue weighted by atomic mass is 35.5. The van der Waals surface area contributed by atoms with Crippen molar-refractivity contribution in [2.45, 2.75) is 0 Å². The van der Waals surface area contributed by atoms with Crippen LogP contribution in [0, 0.1) is 11.6 Å². The van der Waals surface area contributed by atoms with Crippen LogP contribution < -0.4 is 5.32 Å². The normalized spacial score (nSPS) is 10.1.